The lowest BCUT2D eigenvalue weighted by Crippen LogP contribution is -2.21. The molecular weight excluding hydrogens is 588 g/mol. The lowest BCUT2D eigenvalue weighted by atomic mass is 10.1. The van der Waals surface area contributed by atoms with Gasteiger partial charge in [0.05, 0.1) is 34.7 Å². The van der Waals surface area contributed by atoms with Gasteiger partial charge in [0.1, 0.15) is 29.8 Å². The molecule has 0 aliphatic heterocycles. The zero-order valence-corrected chi connectivity index (χ0v) is 27.0. The first kappa shape index (κ1) is 31.2. The number of ether oxygens (including phenoxy) is 1. The number of aromatic nitrogens is 5. The minimum absolute atomic E-state index is 0.330. The van der Waals surface area contributed by atoms with Gasteiger partial charge in [-0.25, -0.2) is 19.4 Å². The van der Waals surface area contributed by atoms with Crippen molar-refractivity contribution in [2.45, 2.75) is 53.6 Å². The van der Waals surface area contributed by atoms with Gasteiger partial charge in [-0.3, -0.25) is 10.3 Å². The number of nitrogens with zero attached hydrogens (tertiary/aromatic N) is 5. The Bertz CT molecular complexity index is 2020. The SMILES string of the molecule is CCCCc1cc(NC(=O)Nc2ccc(OCc3ccnc(Nc4cnc(C)c(C)n4)c3)c3ccccc23)n(-c2ccc(C)cc2)n1. The molecule has 3 aromatic carbocycles. The number of fused-ring (bicyclic) bond motifs is 1. The number of aryl methyl sites for hydroxylation is 4. The third-order valence-electron chi connectivity index (χ3n) is 7.87. The molecule has 10 nitrogen and oxygen atoms in total. The third kappa shape index (κ3) is 7.55. The van der Waals surface area contributed by atoms with E-state index in [-0.39, 0.29) is 6.03 Å². The molecule has 2 amide bonds. The van der Waals surface area contributed by atoms with Crippen molar-refractivity contribution in [2.24, 2.45) is 0 Å². The van der Waals surface area contributed by atoms with Crippen LogP contribution < -0.4 is 20.7 Å². The number of urea groups is 1. The van der Waals surface area contributed by atoms with Gasteiger partial charge in [-0.05, 0) is 75.6 Å². The minimum atomic E-state index is -0.357. The average molecular weight is 627 g/mol. The number of amides is 2. The molecule has 10 heteroatoms. The van der Waals surface area contributed by atoms with Crippen molar-refractivity contribution in [3.8, 4) is 11.4 Å². The molecule has 0 aliphatic carbocycles. The molecule has 238 valence electrons. The molecule has 0 aliphatic rings. The van der Waals surface area contributed by atoms with E-state index in [1.54, 1.807) is 17.1 Å². The first-order valence-electron chi connectivity index (χ1n) is 15.8. The molecule has 6 rings (SSSR count). The highest BCUT2D eigenvalue weighted by Crippen LogP contribution is 2.32. The van der Waals surface area contributed by atoms with Crippen molar-refractivity contribution in [2.75, 3.05) is 16.0 Å². The molecular formula is C37H38N8O2. The molecule has 3 N–H and O–H groups in total. The Morgan fingerprint density at radius 2 is 1.66 bits per heavy atom. The molecule has 3 aromatic heterocycles. The fourth-order valence-corrected chi connectivity index (χ4v) is 5.18. The summed E-state index contributed by atoms with van der Waals surface area (Å²) in [6.07, 6.45) is 6.36. The van der Waals surface area contributed by atoms with E-state index in [1.807, 2.05) is 99.6 Å². The number of hydrogen-bond donors (Lipinski definition) is 3. The van der Waals surface area contributed by atoms with E-state index in [1.165, 1.54) is 0 Å². The summed E-state index contributed by atoms with van der Waals surface area (Å²) in [5.74, 6) is 2.60. The molecule has 47 heavy (non-hydrogen) atoms. The van der Waals surface area contributed by atoms with E-state index in [0.29, 0.717) is 35.5 Å². The van der Waals surface area contributed by atoms with E-state index in [4.69, 9.17) is 9.84 Å². The van der Waals surface area contributed by atoms with Crippen LogP contribution in [0.2, 0.25) is 0 Å². The van der Waals surface area contributed by atoms with Crippen molar-refractivity contribution in [1.29, 1.82) is 0 Å². The lowest BCUT2D eigenvalue weighted by molar-refractivity contribution is 0.262. The summed E-state index contributed by atoms with van der Waals surface area (Å²) in [6, 6.07) is 25.1. The smallest absolute Gasteiger partial charge is 0.324 e. The summed E-state index contributed by atoms with van der Waals surface area (Å²) in [6.45, 7) is 8.38. The number of pyridine rings is 1. The first-order valence-corrected chi connectivity index (χ1v) is 15.8. The second kappa shape index (κ2) is 14.1. The Hall–Kier alpha value is -5.77. The Kier molecular flexibility index (Phi) is 9.38. The maximum atomic E-state index is 13.4. The van der Waals surface area contributed by atoms with E-state index in [0.717, 1.165) is 63.9 Å². The molecule has 0 atom stereocenters. The number of rotatable bonds is 11. The highest BCUT2D eigenvalue weighted by molar-refractivity contribution is 6.07. The molecule has 6 aromatic rings. The first-order chi connectivity index (χ1) is 22.9. The maximum Gasteiger partial charge on any atom is 0.324 e. The van der Waals surface area contributed by atoms with Gasteiger partial charge in [0, 0.05) is 23.0 Å². The van der Waals surface area contributed by atoms with Gasteiger partial charge < -0.3 is 15.4 Å². The summed E-state index contributed by atoms with van der Waals surface area (Å²) in [7, 11) is 0. The molecule has 0 spiro atoms. The van der Waals surface area contributed by atoms with E-state index >= 15 is 0 Å². The second-order valence-corrected chi connectivity index (χ2v) is 11.5. The summed E-state index contributed by atoms with van der Waals surface area (Å²) in [5.41, 5.74) is 6.34. The van der Waals surface area contributed by atoms with Crippen LogP contribution in [0.15, 0.2) is 91.3 Å². The van der Waals surface area contributed by atoms with Crippen LogP contribution in [0, 0.1) is 20.8 Å². The number of nitrogens with one attached hydrogen (secondary N) is 3. The van der Waals surface area contributed by atoms with Gasteiger partial charge >= 0.3 is 6.03 Å². The Labute approximate surface area is 274 Å². The zero-order chi connectivity index (χ0) is 32.8. The van der Waals surface area contributed by atoms with Crippen molar-refractivity contribution in [3.05, 3.63) is 119 Å². The Morgan fingerprint density at radius 1 is 0.851 bits per heavy atom. The van der Waals surface area contributed by atoms with Crippen LogP contribution in [-0.2, 0) is 13.0 Å². The quantitative estimate of drug-likeness (QED) is 0.132. The van der Waals surface area contributed by atoms with Gasteiger partial charge in [0.2, 0.25) is 0 Å². The number of carbonyl (C=O) groups is 1. The third-order valence-corrected chi connectivity index (χ3v) is 7.87. The van der Waals surface area contributed by atoms with Crippen molar-refractivity contribution < 1.29 is 9.53 Å². The molecule has 0 bridgehead atoms. The average Bonchev–Trinajstić information content (AvgIpc) is 3.47. The molecule has 0 saturated carbocycles. The summed E-state index contributed by atoms with van der Waals surface area (Å²) in [5, 5.41) is 15.8. The van der Waals surface area contributed by atoms with Crippen LogP contribution in [0.1, 0.15) is 48.0 Å². The van der Waals surface area contributed by atoms with Crippen molar-refractivity contribution >= 4 is 39.9 Å². The van der Waals surface area contributed by atoms with Crippen LogP contribution in [-0.4, -0.2) is 30.8 Å². The summed E-state index contributed by atoms with van der Waals surface area (Å²) in [4.78, 5) is 26.7. The number of hydrogen-bond acceptors (Lipinski definition) is 7. The maximum absolute atomic E-state index is 13.4. The summed E-state index contributed by atoms with van der Waals surface area (Å²) >= 11 is 0. The number of benzene rings is 3. The van der Waals surface area contributed by atoms with Crippen molar-refractivity contribution in [1.82, 2.24) is 24.7 Å². The number of carbonyl (C=O) groups excluding carboxylic acids is 1. The van der Waals surface area contributed by atoms with E-state index in [2.05, 4.69) is 37.8 Å². The van der Waals surface area contributed by atoms with Crippen molar-refractivity contribution in [3.63, 3.8) is 0 Å². The summed E-state index contributed by atoms with van der Waals surface area (Å²) < 4.78 is 8.07. The fourth-order valence-electron chi connectivity index (χ4n) is 5.18. The fraction of sp³-hybridized carbons (Fsp3) is 0.216. The zero-order valence-electron chi connectivity index (χ0n) is 27.0. The molecule has 3 heterocycles. The lowest BCUT2D eigenvalue weighted by Gasteiger charge is -2.15. The number of unbranched alkanes of at least 4 members (excludes halogenated alkanes) is 1. The van der Waals surface area contributed by atoms with Gasteiger partial charge in [-0.2, -0.15) is 5.10 Å². The minimum Gasteiger partial charge on any atom is -0.488 e. The number of anilines is 4. The standard InChI is InChI=1S/C37H38N8O2/c1-5-6-9-28-21-36(45(44-28)29-14-12-24(2)13-15-29)43-37(46)41-32-16-17-33(31-11-8-7-10-30(31)32)47-23-27-18-19-38-34(20-27)42-35-22-39-25(3)26(4)40-35/h7-8,10-22H,5-6,9,23H2,1-4H3,(H,38,40,42)(H2,41,43,46). The predicted octanol–water partition coefficient (Wildman–Crippen LogP) is 8.44. The second-order valence-electron chi connectivity index (χ2n) is 11.5. The van der Waals surface area contributed by atoms with Crippen LogP contribution in [0.3, 0.4) is 0 Å². The van der Waals surface area contributed by atoms with Gasteiger partial charge in [-0.15, -0.1) is 0 Å². The van der Waals surface area contributed by atoms with E-state index < -0.39 is 0 Å². The monoisotopic (exact) mass is 626 g/mol. The van der Waals surface area contributed by atoms with Crippen LogP contribution in [0.25, 0.3) is 16.5 Å². The molecule has 0 fully saturated rings. The normalized spacial score (nSPS) is 11.0. The van der Waals surface area contributed by atoms with Crippen LogP contribution >= 0.6 is 0 Å². The molecule has 0 radical (unpaired) electrons. The van der Waals surface area contributed by atoms with E-state index in [9.17, 15) is 4.79 Å². The van der Waals surface area contributed by atoms with Gasteiger partial charge in [0.25, 0.3) is 0 Å². The van der Waals surface area contributed by atoms with Gasteiger partial charge in [0.15, 0.2) is 0 Å². The van der Waals surface area contributed by atoms with Gasteiger partial charge in [-0.1, -0.05) is 55.3 Å². The van der Waals surface area contributed by atoms with Crippen LogP contribution in [0.4, 0.5) is 27.9 Å². The highest BCUT2D eigenvalue weighted by atomic mass is 16.5. The Morgan fingerprint density at radius 3 is 2.45 bits per heavy atom. The topological polar surface area (TPSA) is 119 Å². The highest BCUT2D eigenvalue weighted by Gasteiger charge is 2.15. The largest absolute Gasteiger partial charge is 0.488 e. The Balaban J connectivity index is 1.17. The molecule has 0 saturated heterocycles. The predicted molar refractivity (Wildman–Crippen MR) is 187 cm³/mol. The molecule has 0 unspecified atom stereocenters. The van der Waals surface area contributed by atoms with Crippen LogP contribution in [0.5, 0.6) is 5.75 Å².